The molecule has 3 aromatic carbocycles. The Labute approximate surface area is 216 Å². The topological polar surface area (TPSA) is 74.2 Å². The summed E-state index contributed by atoms with van der Waals surface area (Å²) in [7, 11) is 0. The summed E-state index contributed by atoms with van der Waals surface area (Å²) in [5.74, 6) is -0.824. The number of fused-ring (bicyclic) bond motifs is 1. The molecular formula is C30H30ClN3O2. The molecule has 4 aromatic rings. The molecule has 0 aliphatic carbocycles. The van der Waals surface area contributed by atoms with Gasteiger partial charge in [-0.15, -0.1) is 0 Å². The highest BCUT2D eigenvalue weighted by molar-refractivity contribution is 6.31. The van der Waals surface area contributed by atoms with Crippen molar-refractivity contribution in [2.75, 3.05) is 10.6 Å². The molecule has 3 N–H and O–H groups in total. The van der Waals surface area contributed by atoms with Gasteiger partial charge in [-0.3, -0.25) is 0 Å². The van der Waals surface area contributed by atoms with Crippen LogP contribution in [0.3, 0.4) is 0 Å². The second kappa shape index (κ2) is 12.2. The zero-order valence-corrected chi connectivity index (χ0v) is 21.0. The number of pyridine rings is 1. The van der Waals surface area contributed by atoms with Crippen molar-refractivity contribution in [1.29, 1.82) is 0 Å². The summed E-state index contributed by atoms with van der Waals surface area (Å²) in [6.07, 6.45) is 6.45. The minimum Gasteiger partial charge on any atom is -0.480 e. The van der Waals surface area contributed by atoms with Gasteiger partial charge in [0.25, 0.3) is 0 Å². The molecule has 0 aliphatic heterocycles. The van der Waals surface area contributed by atoms with Crippen LogP contribution in [0.2, 0.25) is 5.02 Å². The van der Waals surface area contributed by atoms with Gasteiger partial charge in [0.15, 0.2) is 0 Å². The number of para-hydroxylation sites is 1. The maximum atomic E-state index is 11.7. The summed E-state index contributed by atoms with van der Waals surface area (Å²) in [6, 6.07) is 25.1. The lowest BCUT2D eigenvalue weighted by molar-refractivity contribution is -0.138. The molecule has 36 heavy (non-hydrogen) atoms. The maximum absolute atomic E-state index is 11.7. The highest BCUT2D eigenvalue weighted by Gasteiger charge is 2.17. The van der Waals surface area contributed by atoms with Crippen LogP contribution >= 0.6 is 11.6 Å². The van der Waals surface area contributed by atoms with E-state index in [1.54, 1.807) is 0 Å². The molecule has 0 radical (unpaired) electrons. The largest absolute Gasteiger partial charge is 0.480 e. The molecule has 0 saturated heterocycles. The van der Waals surface area contributed by atoms with Crippen LogP contribution < -0.4 is 10.6 Å². The molecule has 0 amide bonds. The summed E-state index contributed by atoms with van der Waals surface area (Å²) in [5.41, 5.74) is 5.61. The highest BCUT2D eigenvalue weighted by Crippen LogP contribution is 2.22. The van der Waals surface area contributed by atoms with Gasteiger partial charge < -0.3 is 15.7 Å². The van der Waals surface area contributed by atoms with E-state index in [-0.39, 0.29) is 0 Å². The number of hydrogen-bond donors (Lipinski definition) is 3. The fraction of sp³-hybridized carbons (Fsp3) is 0.200. The monoisotopic (exact) mass is 499 g/mol. The number of halogens is 1. The minimum absolute atomic E-state index is 0.573. The second-order valence-corrected chi connectivity index (χ2v) is 9.16. The number of benzene rings is 3. The summed E-state index contributed by atoms with van der Waals surface area (Å²) in [5, 5.41) is 18.0. The number of aromatic nitrogens is 1. The minimum atomic E-state index is -0.824. The Kier molecular flexibility index (Phi) is 8.58. The third-order valence-corrected chi connectivity index (χ3v) is 6.22. The van der Waals surface area contributed by atoms with Crippen molar-refractivity contribution >= 4 is 52.0 Å². The Balaban J connectivity index is 1.43. The van der Waals surface area contributed by atoms with Crippen molar-refractivity contribution in [2.24, 2.45) is 0 Å². The highest BCUT2D eigenvalue weighted by atomic mass is 35.5. The van der Waals surface area contributed by atoms with Crippen molar-refractivity contribution in [3.05, 3.63) is 101 Å². The molecule has 184 valence electrons. The van der Waals surface area contributed by atoms with Crippen LogP contribution in [0.25, 0.3) is 23.1 Å². The first-order chi connectivity index (χ1) is 17.5. The van der Waals surface area contributed by atoms with E-state index in [2.05, 4.69) is 28.6 Å². The second-order valence-electron chi connectivity index (χ2n) is 8.72. The lowest BCUT2D eigenvalue weighted by atomic mass is 10.1. The van der Waals surface area contributed by atoms with Gasteiger partial charge in [0, 0.05) is 28.3 Å². The smallest absolute Gasteiger partial charge is 0.326 e. The van der Waals surface area contributed by atoms with Crippen LogP contribution in [0.5, 0.6) is 0 Å². The van der Waals surface area contributed by atoms with Crippen molar-refractivity contribution < 1.29 is 9.90 Å². The average Bonchev–Trinajstić information content (AvgIpc) is 2.89. The number of carbonyl (C=O) groups is 1. The van der Waals surface area contributed by atoms with Crippen LogP contribution in [-0.4, -0.2) is 22.1 Å². The van der Waals surface area contributed by atoms with Gasteiger partial charge >= 0.3 is 5.97 Å². The van der Waals surface area contributed by atoms with E-state index in [9.17, 15) is 9.90 Å². The number of unbranched alkanes of at least 4 members (excludes halogenated alkanes) is 1. The van der Waals surface area contributed by atoms with Gasteiger partial charge in [-0.1, -0.05) is 79.9 Å². The molecule has 0 spiro atoms. The molecule has 1 atom stereocenters. The summed E-state index contributed by atoms with van der Waals surface area (Å²) >= 11 is 6.11. The quantitative estimate of drug-likeness (QED) is 0.197. The molecule has 1 aromatic heterocycles. The van der Waals surface area contributed by atoms with E-state index >= 15 is 0 Å². The van der Waals surface area contributed by atoms with Crippen LogP contribution in [0.15, 0.2) is 78.9 Å². The van der Waals surface area contributed by atoms with Crippen LogP contribution in [0.4, 0.5) is 11.4 Å². The van der Waals surface area contributed by atoms with Crippen molar-refractivity contribution in [1.82, 2.24) is 4.98 Å². The normalized spacial score (nSPS) is 12.1. The summed E-state index contributed by atoms with van der Waals surface area (Å²) < 4.78 is 0. The summed E-state index contributed by atoms with van der Waals surface area (Å²) in [4.78, 5) is 16.4. The number of aliphatic carboxylic acids is 1. The first-order valence-electron chi connectivity index (χ1n) is 12.2. The number of carboxylic acids is 1. The number of nitrogens with one attached hydrogen (secondary N) is 2. The van der Waals surface area contributed by atoms with Crippen LogP contribution in [0.1, 0.15) is 43.0 Å². The number of carboxylic acid groups (broad SMARTS) is 1. The molecule has 6 heteroatoms. The third kappa shape index (κ3) is 6.86. The third-order valence-electron chi connectivity index (χ3n) is 5.98. The molecule has 0 fully saturated rings. The van der Waals surface area contributed by atoms with Gasteiger partial charge in [-0.25, -0.2) is 9.78 Å². The maximum Gasteiger partial charge on any atom is 0.326 e. The molecule has 1 heterocycles. The van der Waals surface area contributed by atoms with E-state index in [0.717, 1.165) is 51.9 Å². The first kappa shape index (κ1) is 25.3. The predicted octanol–water partition coefficient (Wildman–Crippen LogP) is 7.73. The van der Waals surface area contributed by atoms with E-state index in [1.807, 2.05) is 84.9 Å². The van der Waals surface area contributed by atoms with E-state index in [4.69, 9.17) is 11.6 Å². The Morgan fingerprint density at radius 3 is 2.69 bits per heavy atom. The first-order valence-corrected chi connectivity index (χ1v) is 12.5. The number of anilines is 2. The Morgan fingerprint density at radius 2 is 1.86 bits per heavy atom. The standard InChI is InChI=1S/C30H30ClN3O2/c1-2-3-10-28(30(35)36)34-27-11-5-4-8-23(27)20-32-26-9-6-7-21(18-26)12-16-25-17-14-22-13-15-24(31)19-29(22)33-25/h4-9,11-19,28,32,34H,2-3,10,20H2,1H3,(H,35,36)/b16-12+. The summed E-state index contributed by atoms with van der Waals surface area (Å²) in [6.45, 7) is 2.64. The Hall–Kier alpha value is -3.83. The van der Waals surface area contributed by atoms with Crippen molar-refractivity contribution in [2.45, 2.75) is 38.8 Å². The van der Waals surface area contributed by atoms with Crippen molar-refractivity contribution in [3.8, 4) is 0 Å². The predicted molar refractivity (Wildman–Crippen MR) is 150 cm³/mol. The van der Waals surface area contributed by atoms with Crippen LogP contribution in [-0.2, 0) is 11.3 Å². The van der Waals surface area contributed by atoms with Crippen molar-refractivity contribution in [3.63, 3.8) is 0 Å². The van der Waals surface area contributed by atoms with Gasteiger partial charge in [0.05, 0.1) is 11.2 Å². The van der Waals surface area contributed by atoms with Gasteiger partial charge in [0.2, 0.25) is 0 Å². The van der Waals surface area contributed by atoms with Gasteiger partial charge in [0.1, 0.15) is 6.04 Å². The van der Waals surface area contributed by atoms with E-state index in [0.29, 0.717) is 18.0 Å². The molecule has 0 aliphatic rings. The molecule has 4 rings (SSSR count). The fourth-order valence-corrected chi connectivity index (χ4v) is 4.17. The Bertz CT molecular complexity index is 1370. The van der Waals surface area contributed by atoms with Crippen LogP contribution in [0, 0.1) is 0 Å². The van der Waals surface area contributed by atoms with E-state index < -0.39 is 12.0 Å². The average molecular weight is 500 g/mol. The lowest BCUT2D eigenvalue weighted by Crippen LogP contribution is -2.29. The number of nitrogens with zero attached hydrogens (tertiary/aromatic N) is 1. The van der Waals surface area contributed by atoms with E-state index in [1.165, 1.54) is 0 Å². The lowest BCUT2D eigenvalue weighted by Gasteiger charge is -2.19. The zero-order chi connectivity index (χ0) is 25.3. The molecule has 1 unspecified atom stereocenters. The SMILES string of the molecule is CCCCC(Nc1ccccc1CNc1cccc(/C=C/c2ccc3ccc(Cl)cc3n2)c1)C(=O)O. The molecule has 0 saturated carbocycles. The van der Waals surface area contributed by atoms with Gasteiger partial charge in [-0.2, -0.15) is 0 Å². The fourth-order valence-electron chi connectivity index (χ4n) is 4.00. The number of hydrogen-bond acceptors (Lipinski definition) is 4. The van der Waals surface area contributed by atoms with Gasteiger partial charge in [-0.05, 0) is 60.0 Å². The molecule has 0 bridgehead atoms. The Morgan fingerprint density at radius 1 is 1.03 bits per heavy atom. The zero-order valence-electron chi connectivity index (χ0n) is 20.2. The molecule has 5 nitrogen and oxygen atoms in total. The molecular weight excluding hydrogens is 470 g/mol. The number of rotatable bonds is 11.